The Morgan fingerprint density at radius 2 is 1.75 bits per heavy atom. The molecule has 1 aromatic carbocycles. The van der Waals surface area contributed by atoms with E-state index in [1.165, 1.54) is 0 Å². The SMILES string of the molecule is O=C1ONN(c2c(Br)cccc2Br)OC1=O. The first kappa shape index (κ1) is 11.4. The molecule has 0 spiro atoms. The van der Waals surface area contributed by atoms with Gasteiger partial charge in [0.15, 0.2) is 0 Å². The number of carbonyl (C=O) groups excluding carboxylic acids is 2. The zero-order chi connectivity index (χ0) is 11.7. The number of hydrogen-bond acceptors (Lipinski definition) is 6. The Labute approximate surface area is 107 Å². The van der Waals surface area contributed by atoms with Gasteiger partial charge in [-0.15, -0.1) is 0 Å². The second kappa shape index (κ2) is 4.40. The average molecular weight is 352 g/mol. The maximum atomic E-state index is 11.0. The average Bonchev–Trinajstić information content (AvgIpc) is 2.23. The van der Waals surface area contributed by atoms with Gasteiger partial charge >= 0.3 is 11.9 Å². The number of hydrazine groups is 1. The lowest BCUT2D eigenvalue weighted by molar-refractivity contribution is -0.192. The summed E-state index contributed by atoms with van der Waals surface area (Å²) in [5.41, 5.74) is 2.65. The predicted octanol–water partition coefficient (Wildman–Crippen LogP) is 1.45. The summed E-state index contributed by atoms with van der Waals surface area (Å²) in [7, 11) is 0. The normalized spacial score (nSPS) is 15.8. The number of halogens is 2. The molecule has 0 radical (unpaired) electrons. The molecule has 1 aromatic rings. The van der Waals surface area contributed by atoms with E-state index in [-0.39, 0.29) is 0 Å². The molecule has 2 rings (SSSR count). The molecular formula is C8H4Br2N2O4. The number of anilines is 1. The minimum absolute atomic E-state index is 0.475. The first-order valence-corrected chi connectivity index (χ1v) is 5.61. The fraction of sp³-hybridized carbons (Fsp3) is 0. The summed E-state index contributed by atoms with van der Waals surface area (Å²) in [5.74, 6) is -2.19. The van der Waals surface area contributed by atoms with Crippen LogP contribution in [0.25, 0.3) is 0 Å². The molecule has 1 heterocycles. The molecular weight excluding hydrogens is 348 g/mol. The third-order valence-electron chi connectivity index (χ3n) is 1.70. The van der Waals surface area contributed by atoms with Crippen molar-refractivity contribution in [3.8, 4) is 0 Å². The monoisotopic (exact) mass is 350 g/mol. The summed E-state index contributed by atoms with van der Waals surface area (Å²) in [6.45, 7) is 0. The topological polar surface area (TPSA) is 67.9 Å². The van der Waals surface area contributed by atoms with Crippen LogP contribution in [0.5, 0.6) is 0 Å². The Morgan fingerprint density at radius 1 is 1.12 bits per heavy atom. The molecule has 0 aliphatic carbocycles. The Hall–Kier alpha value is -1.12. The van der Waals surface area contributed by atoms with Crippen LogP contribution in [-0.4, -0.2) is 11.9 Å². The Morgan fingerprint density at radius 3 is 2.31 bits per heavy atom. The van der Waals surface area contributed by atoms with E-state index in [1.807, 2.05) is 0 Å². The van der Waals surface area contributed by atoms with Gasteiger partial charge in [0.25, 0.3) is 0 Å². The van der Waals surface area contributed by atoms with Gasteiger partial charge in [0.1, 0.15) is 5.69 Å². The van der Waals surface area contributed by atoms with Crippen LogP contribution < -0.4 is 10.8 Å². The molecule has 0 aromatic heterocycles. The van der Waals surface area contributed by atoms with Crippen LogP contribution >= 0.6 is 31.9 Å². The molecule has 0 amide bonds. The van der Waals surface area contributed by atoms with Crippen molar-refractivity contribution in [2.45, 2.75) is 0 Å². The van der Waals surface area contributed by atoms with Gasteiger partial charge in [-0.3, -0.25) is 0 Å². The van der Waals surface area contributed by atoms with Crippen molar-refractivity contribution in [3.63, 3.8) is 0 Å². The van der Waals surface area contributed by atoms with Crippen LogP contribution in [0.3, 0.4) is 0 Å². The van der Waals surface area contributed by atoms with E-state index in [4.69, 9.17) is 4.84 Å². The summed E-state index contributed by atoms with van der Waals surface area (Å²) in [6, 6.07) is 5.27. The van der Waals surface area contributed by atoms with Gasteiger partial charge in [0, 0.05) is 8.95 Å². The van der Waals surface area contributed by atoms with Crippen molar-refractivity contribution in [1.29, 1.82) is 0 Å². The standard InChI is InChI=1S/C8H4Br2N2O4/c9-4-2-1-3-5(10)6(4)12-11-15-7(13)8(14)16-12/h1-3,11H. The summed E-state index contributed by atoms with van der Waals surface area (Å²) in [5, 5.41) is 0.942. The van der Waals surface area contributed by atoms with E-state index in [0.29, 0.717) is 14.6 Å². The molecule has 1 aliphatic rings. The maximum absolute atomic E-state index is 11.0. The summed E-state index contributed by atoms with van der Waals surface area (Å²) >= 11 is 6.55. The lowest BCUT2D eigenvalue weighted by atomic mass is 10.3. The minimum Gasteiger partial charge on any atom is -0.338 e. The Balaban J connectivity index is 2.32. The number of nitrogens with one attached hydrogen (secondary N) is 1. The van der Waals surface area contributed by atoms with Crippen LogP contribution in [0.1, 0.15) is 0 Å². The fourth-order valence-electron chi connectivity index (χ4n) is 1.04. The lowest BCUT2D eigenvalue weighted by Crippen LogP contribution is -2.49. The lowest BCUT2D eigenvalue weighted by Gasteiger charge is -2.26. The van der Waals surface area contributed by atoms with Gasteiger partial charge in [-0.05, 0) is 49.6 Å². The highest BCUT2D eigenvalue weighted by Crippen LogP contribution is 2.33. The molecule has 1 N–H and O–H groups in total. The van der Waals surface area contributed by atoms with Crippen LogP contribution in [0.15, 0.2) is 27.1 Å². The molecule has 6 nitrogen and oxygen atoms in total. The van der Waals surface area contributed by atoms with Gasteiger partial charge in [-0.1, -0.05) is 11.2 Å². The van der Waals surface area contributed by atoms with Crippen molar-refractivity contribution in [3.05, 3.63) is 27.1 Å². The van der Waals surface area contributed by atoms with E-state index in [2.05, 4.69) is 42.3 Å². The number of carbonyl (C=O) groups is 2. The van der Waals surface area contributed by atoms with Crippen LogP contribution in [0.2, 0.25) is 0 Å². The van der Waals surface area contributed by atoms with Gasteiger partial charge in [-0.25, -0.2) is 9.59 Å². The second-order valence-electron chi connectivity index (χ2n) is 2.72. The summed E-state index contributed by atoms with van der Waals surface area (Å²) < 4.78 is 1.31. The van der Waals surface area contributed by atoms with Crippen molar-refractivity contribution < 1.29 is 19.3 Å². The van der Waals surface area contributed by atoms with Crippen LogP contribution in [0.4, 0.5) is 5.69 Å². The molecule has 0 unspecified atom stereocenters. The zero-order valence-electron chi connectivity index (χ0n) is 7.57. The van der Waals surface area contributed by atoms with Gasteiger partial charge < -0.3 is 9.68 Å². The third kappa shape index (κ3) is 2.04. The molecule has 1 fully saturated rings. The highest BCUT2D eigenvalue weighted by molar-refractivity contribution is 9.11. The number of benzene rings is 1. The molecule has 0 saturated carbocycles. The zero-order valence-corrected chi connectivity index (χ0v) is 10.7. The van der Waals surface area contributed by atoms with Crippen LogP contribution in [-0.2, 0) is 19.3 Å². The Kier molecular flexibility index (Phi) is 3.13. The number of nitrogens with zero attached hydrogens (tertiary/aromatic N) is 1. The highest BCUT2D eigenvalue weighted by atomic mass is 79.9. The van der Waals surface area contributed by atoms with Crippen molar-refractivity contribution in [2.24, 2.45) is 0 Å². The molecule has 0 bridgehead atoms. The van der Waals surface area contributed by atoms with Crippen molar-refractivity contribution in [1.82, 2.24) is 5.59 Å². The highest BCUT2D eigenvalue weighted by Gasteiger charge is 2.31. The summed E-state index contributed by atoms with van der Waals surface area (Å²) in [4.78, 5) is 30.8. The first-order chi connectivity index (χ1) is 7.59. The quantitative estimate of drug-likeness (QED) is 0.772. The smallest absolute Gasteiger partial charge is 0.338 e. The number of para-hydroxylation sites is 1. The van der Waals surface area contributed by atoms with Gasteiger partial charge in [0.2, 0.25) is 0 Å². The van der Waals surface area contributed by atoms with Crippen molar-refractivity contribution in [2.75, 3.05) is 5.17 Å². The van der Waals surface area contributed by atoms with Crippen LogP contribution in [0, 0.1) is 0 Å². The molecule has 1 aliphatic heterocycles. The van der Waals surface area contributed by atoms with E-state index >= 15 is 0 Å². The Bertz CT molecular complexity index is 445. The summed E-state index contributed by atoms with van der Waals surface area (Å²) in [6.07, 6.45) is 0. The molecule has 0 atom stereocenters. The first-order valence-electron chi connectivity index (χ1n) is 4.02. The second-order valence-corrected chi connectivity index (χ2v) is 4.43. The number of rotatable bonds is 1. The number of hydrogen-bond donors (Lipinski definition) is 1. The fourth-order valence-corrected chi connectivity index (χ4v) is 2.36. The predicted molar refractivity (Wildman–Crippen MR) is 59.6 cm³/mol. The van der Waals surface area contributed by atoms with E-state index in [0.717, 1.165) is 5.17 Å². The molecule has 8 heteroatoms. The van der Waals surface area contributed by atoms with E-state index in [1.54, 1.807) is 18.2 Å². The minimum atomic E-state index is -1.10. The molecule has 16 heavy (non-hydrogen) atoms. The largest absolute Gasteiger partial charge is 0.444 e. The van der Waals surface area contributed by atoms with Gasteiger partial charge in [0.05, 0.1) is 0 Å². The van der Waals surface area contributed by atoms with Gasteiger partial charge in [-0.2, -0.15) is 0 Å². The van der Waals surface area contributed by atoms with E-state index in [9.17, 15) is 9.59 Å². The third-order valence-corrected chi connectivity index (χ3v) is 2.98. The maximum Gasteiger partial charge on any atom is 0.444 e. The molecule has 1 saturated heterocycles. The van der Waals surface area contributed by atoms with Crippen molar-refractivity contribution >= 4 is 49.5 Å². The van der Waals surface area contributed by atoms with E-state index < -0.39 is 11.9 Å². The molecule has 84 valence electrons.